The van der Waals surface area contributed by atoms with E-state index in [4.69, 9.17) is 0 Å². The number of unbranched alkanes of at least 4 members (excludes halogenated alkanes) is 4. The van der Waals surface area contributed by atoms with Gasteiger partial charge in [-0.25, -0.2) is 0 Å². The van der Waals surface area contributed by atoms with Gasteiger partial charge in [0.1, 0.15) is 5.82 Å². The number of nitrogens with one attached hydrogen (secondary N) is 1. The number of hydrogen-bond donors (Lipinski definition) is 1. The molecule has 1 N–H and O–H groups in total. The highest BCUT2D eigenvalue weighted by molar-refractivity contribution is 5.98. The Hall–Kier alpha value is -1.32. The van der Waals surface area contributed by atoms with Crippen molar-refractivity contribution in [2.75, 3.05) is 6.54 Å². The summed E-state index contributed by atoms with van der Waals surface area (Å²) < 4.78 is 0. The number of carbonyl (C=O) groups is 2. The molecule has 0 saturated carbocycles. The average molecular weight is 264 g/mol. The van der Waals surface area contributed by atoms with Crippen molar-refractivity contribution in [1.29, 1.82) is 0 Å². The normalized spacial score (nSPS) is 21.5. The molecule has 2 heterocycles. The van der Waals surface area contributed by atoms with Crippen LogP contribution in [-0.2, 0) is 9.59 Å². The second kappa shape index (κ2) is 6.73. The molecule has 106 valence electrons. The highest BCUT2D eigenvalue weighted by Gasteiger charge is 2.36. The van der Waals surface area contributed by atoms with E-state index in [0.717, 1.165) is 38.0 Å². The van der Waals surface area contributed by atoms with Crippen molar-refractivity contribution in [1.82, 2.24) is 10.2 Å². The molecule has 0 unspecified atom stereocenters. The van der Waals surface area contributed by atoms with Gasteiger partial charge in [0.25, 0.3) is 0 Å². The summed E-state index contributed by atoms with van der Waals surface area (Å²) >= 11 is 0. The van der Waals surface area contributed by atoms with Gasteiger partial charge in [0.2, 0.25) is 5.91 Å². The fourth-order valence-corrected chi connectivity index (χ4v) is 2.87. The summed E-state index contributed by atoms with van der Waals surface area (Å²) in [5.74, 6) is 0.921. The molecule has 0 aromatic heterocycles. The lowest BCUT2D eigenvalue weighted by Gasteiger charge is -2.21. The monoisotopic (exact) mass is 264 g/mol. The highest BCUT2D eigenvalue weighted by atomic mass is 16.2. The first-order valence-electron chi connectivity index (χ1n) is 7.54. The standard InChI is InChI=1S/C15H24N2O2/c1-2-3-4-5-6-9-15(19)16-14-11-13(18)12-8-7-10-17(12)14/h11-12H,2-10H2,1H3,(H,16,19)/t12-/m0/s1. The van der Waals surface area contributed by atoms with Gasteiger partial charge in [0.05, 0.1) is 6.04 Å². The minimum Gasteiger partial charge on any atom is -0.348 e. The molecule has 4 nitrogen and oxygen atoms in total. The second-order valence-corrected chi connectivity index (χ2v) is 5.50. The minimum absolute atomic E-state index is 0.000135. The van der Waals surface area contributed by atoms with Crippen molar-refractivity contribution in [3.8, 4) is 0 Å². The van der Waals surface area contributed by atoms with Crippen LogP contribution in [0.15, 0.2) is 11.9 Å². The molecular formula is C15H24N2O2. The Kier molecular flexibility index (Phi) is 5.00. The molecule has 0 spiro atoms. The molecule has 1 saturated heterocycles. The lowest BCUT2D eigenvalue weighted by Crippen LogP contribution is -2.35. The van der Waals surface area contributed by atoms with Gasteiger partial charge in [-0.15, -0.1) is 0 Å². The Morgan fingerprint density at radius 1 is 1.37 bits per heavy atom. The smallest absolute Gasteiger partial charge is 0.225 e. The zero-order chi connectivity index (χ0) is 13.7. The first-order chi connectivity index (χ1) is 9.22. The van der Waals surface area contributed by atoms with Gasteiger partial charge in [-0.2, -0.15) is 0 Å². The van der Waals surface area contributed by atoms with E-state index >= 15 is 0 Å². The number of carbonyl (C=O) groups excluding carboxylic acids is 2. The van der Waals surface area contributed by atoms with E-state index in [1.54, 1.807) is 6.08 Å². The summed E-state index contributed by atoms with van der Waals surface area (Å²) in [5.41, 5.74) is 0. The first-order valence-corrected chi connectivity index (χ1v) is 7.54. The van der Waals surface area contributed by atoms with E-state index in [9.17, 15) is 9.59 Å². The summed E-state index contributed by atoms with van der Waals surface area (Å²) in [6.07, 6.45) is 9.86. The van der Waals surface area contributed by atoms with Crippen LogP contribution in [-0.4, -0.2) is 29.2 Å². The maximum Gasteiger partial charge on any atom is 0.225 e. The van der Waals surface area contributed by atoms with Crippen molar-refractivity contribution in [3.63, 3.8) is 0 Å². The van der Waals surface area contributed by atoms with Crippen LogP contribution in [0.5, 0.6) is 0 Å². The predicted octanol–water partition coefficient (Wildman–Crippen LogP) is 2.35. The quantitative estimate of drug-likeness (QED) is 0.718. The van der Waals surface area contributed by atoms with Crippen LogP contribution >= 0.6 is 0 Å². The summed E-state index contributed by atoms with van der Waals surface area (Å²) in [7, 11) is 0. The molecule has 0 bridgehead atoms. The third-order valence-electron chi connectivity index (χ3n) is 3.94. The van der Waals surface area contributed by atoms with Gasteiger partial charge in [0, 0.05) is 19.0 Å². The van der Waals surface area contributed by atoms with Crippen molar-refractivity contribution < 1.29 is 9.59 Å². The van der Waals surface area contributed by atoms with Crippen LogP contribution in [0.3, 0.4) is 0 Å². The summed E-state index contributed by atoms with van der Waals surface area (Å²) in [6.45, 7) is 3.07. The summed E-state index contributed by atoms with van der Waals surface area (Å²) in [4.78, 5) is 25.6. The van der Waals surface area contributed by atoms with Gasteiger partial charge >= 0.3 is 0 Å². The predicted molar refractivity (Wildman–Crippen MR) is 74.3 cm³/mol. The Morgan fingerprint density at radius 3 is 2.95 bits per heavy atom. The van der Waals surface area contributed by atoms with Crippen molar-refractivity contribution in [3.05, 3.63) is 11.9 Å². The number of rotatable bonds is 7. The van der Waals surface area contributed by atoms with Gasteiger partial charge in [-0.1, -0.05) is 32.6 Å². The zero-order valence-corrected chi connectivity index (χ0v) is 11.8. The number of ketones is 1. The molecule has 2 aliphatic heterocycles. The summed E-state index contributed by atoms with van der Waals surface area (Å²) in [6, 6.07) is -0.000135. The maximum absolute atomic E-state index is 11.8. The Morgan fingerprint density at radius 2 is 2.16 bits per heavy atom. The molecular weight excluding hydrogens is 240 g/mol. The molecule has 4 heteroatoms. The van der Waals surface area contributed by atoms with E-state index in [2.05, 4.69) is 12.2 Å². The van der Waals surface area contributed by atoms with Crippen LogP contribution in [0.1, 0.15) is 58.3 Å². The van der Waals surface area contributed by atoms with Gasteiger partial charge in [-0.3, -0.25) is 9.59 Å². The maximum atomic E-state index is 11.8. The molecule has 1 atom stereocenters. The number of amides is 1. The molecule has 0 radical (unpaired) electrons. The molecule has 19 heavy (non-hydrogen) atoms. The van der Waals surface area contributed by atoms with E-state index in [1.807, 2.05) is 4.90 Å². The van der Waals surface area contributed by atoms with Crippen molar-refractivity contribution >= 4 is 11.7 Å². The zero-order valence-electron chi connectivity index (χ0n) is 11.8. The molecule has 1 amide bonds. The van der Waals surface area contributed by atoms with E-state index in [-0.39, 0.29) is 17.7 Å². The van der Waals surface area contributed by atoms with E-state index in [0.29, 0.717) is 6.42 Å². The van der Waals surface area contributed by atoms with Crippen molar-refractivity contribution in [2.45, 2.75) is 64.3 Å². The second-order valence-electron chi connectivity index (χ2n) is 5.50. The van der Waals surface area contributed by atoms with Gasteiger partial charge in [0.15, 0.2) is 5.78 Å². The SMILES string of the molecule is CCCCCCCC(=O)NC1=CC(=O)[C@@H]2CCCN12. The largest absolute Gasteiger partial charge is 0.348 e. The lowest BCUT2D eigenvalue weighted by atomic mass is 10.1. The van der Waals surface area contributed by atoms with Crippen LogP contribution in [0, 0.1) is 0 Å². The van der Waals surface area contributed by atoms with Crippen LogP contribution in [0.2, 0.25) is 0 Å². The minimum atomic E-state index is -0.000135. The molecule has 0 aromatic carbocycles. The fraction of sp³-hybridized carbons (Fsp3) is 0.733. The number of hydrogen-bond acceptors (Lipinski definition) is 3. The van der Waals surface area contributed by atoms with Gasteiger partial charge < -0.3 is 10.2 Å². The highest BCUT2D eigenvalue weighted by Crippen LogP contribution is 2.27. The molecule has 2 aliphatic rings. The third-order valence-corrected chi connectivity index (χ3v) is 3.94. The van der Waals surface area contributed by atoms with Crippen molar-refractivity contribution in [2.24, 2.45) is 0 Å². The topological polar surface area (TPSA) is 49.4 Å². The number of nitrogens with zero attached hydrogens (tertiary/aromatic N) is 1. The van der Waals surface area contributed by atoms with Crippen LogP contribution in [0.25, 0.3) is 0 Å². The van der Waals surface area contributed by atoms with Crippen LogP contribution in [0.4, 0.5) is 0 Å². The molecule has 2 rings (SSSR count). The number of fused-ring (bicyclic) bond motifs is 1. The van der Waals surface area contributed by atoms with Gasteiger partial charge in [-0.05, 0) is 19.3 Å². The average Bonchev–Trinajstić information content (AvgIpc) is 2.95. The molecule has 1 fully saturated rings. The lowest BCUT2D eigenvalue weighted by molar-refractivity contribution is -0.121. The molecule has 0 aromatic rings. The van der Waals surface area contributed by atoms with E-state index in [1.165, 1.54) is 19.3 Å². The van der Waals surface area contributed by atoms with E-state index < -0.39 is 0 Å². The first kappa shape index (κ1) is 14.1. The fourth-order valence-electron chi connectivity index (χ4n) is 2.87. The Bertz CT molecular complexity index is 376. The molecule has 0 aliphatic carbocycles. The third kappa shape index (κ3) is 3.58. The Labute approximate surface area is 115 Å². The Balaban J connectivity index is 1.71. The summed E-state index contributed by atoms with van der Waals surface area (Å²) in [5, 5.41) is 2.90. The van der Waals surface area contributed by atoms with Crippen LogP contribution < -0.4 is 5.32 Å².